The fourth-order valence-electron chi connectivity index (χ4n) is 0. The van der Waals surface area contributed by atoms with Crippen LogP contribution in [0.25, 0.3) is 0 Å². The summed E-state index contributed by atoms with van der Waals surface area (Å²) in [6.07, 6.45) is 0. The topological polar surface area (TPSA) is 0 Å². The second-order valence-corrected chi connectivity index (χ2v) is 0. The van der Waals surface area contributed by atoms with Gasteiger partial charge >= 0.3 is 29.6 Å². The molecule has 0 bridgehead atoms. The standard InChI is InChI=1S/Au.4ClH.Na/h;4*1H;/q;;;;;+1. The van der Waals surface area contributed by atoms with Crippen molar-refractivity contribution in [2.45, 2.75) is 0 Å². The van der Waals surface area contributed by atoms with Gasteiger partial charge in [0.05, 0.1) is 0 Å². The van der Waals surface area contributed by atoms with Crippen LogP contribution < -0.4 is 29.6 Å². The molecule has 0 unspecified atom stereocenters. The third-order valence-corrected chi connectivity index (χ3v) is 0. The monoisotopic (exact) mass is 364 g/mol. The van der Waals surface area contributed by atoms with Gasteiger partial charge in [0.2, 0.25) is 0 Å². The van der Waals surface area contributed by atoms with E-state index in [0.717, 1.165) is 0 Å². The van der Waals surface area contributed by atoms with Crippen LogP contribution in [0.2, 0.25) is 0 Å². The Morgan fingerprint density at radius 3 is 0.500 bits per heavy atom. The van der Waals surface area contributed by atoms with Crippen molar-refractivity contribution in [1.29, 1.82) is 0 Å². The van der Waals surface area contributed by atoms with Gasteiger partial charge in [-0.3, -0.25) is 0 Å². The van der Waals surface area contributed by atoms with Crippen LogP contribution in [0.5, 0.6) is 0 Å². The predicted molar refractivity (Wildman–Crippen MR) is 29.0 cm³/mol. The van der Waals surface area contributed by atoms with E-state index in [1.807, 2.05) is 0 Å². The smallest absolute Gasteiger partial charge is 0.147 e. The first-order valence-corrected chi connectivity index (χ1v) is 0. The van der Waals surface area contributed by atoms with Gasteiger partial charge in [0.15, 0.2) is 0 Å². The number of halogens is 4. The van der Waals surface area contributed by atoms with Crippen LogP contribution in [0.15, 0.2) is 0 Å². The molecule has 43 valence electrons. The zero-order valence-electron chi connectivity index (χ0n) is 2.93. The largest absolute Gasteiger partial charge is 1.00 e. The molecule has 0 aromatic rings. The summed E-state index contributed by atoms with van der Waals surface area (Å²) in [5, 5.41) is 0. The molecule has 0 aliphatic rings. The van der Waals surface area contributed by atoms with Gasteiger partial charge in [-0.1, -0.05) is 0 Å². The Morgan fingerprint density at radius 2 is 0.500 bits per heavy atom. The zero-order valence-corrected chi connectivity index (χ0v) is 10.4. The van der Waals surface area contributed by atoms with Crippen molar-refractivity contribution in [1.82, 2.24) is 0 Å². The quantitative estimate of drug-likeness (QED) is 0.468. The predicted octanol–water partition coefficient (Wildman–Crippen LogP) is -1.31. The number of hydrogen-bond acceptors (Lipinski definition) is 0. The molecule has 0 aromatic heterocycles. The first-order chi connectivity index (χ1) is 0. The molecule has 1 radical (unpaired) electrons. The second-order valence-electron chi connectivity index (χ2n) is 0. The SMILES string of the molecule is Cl.Cl.Cl.Cl.[Au].[Na+]. The van der Waals surface area contributed by atoms with Crippen LogP contribution in [0.1, 0.15) is 0 Å². The van der Waals surface area contributed by atoms with Crippen LogP contribution in [0.4, 0.5) is 0 Å². The van der Waals surface area contributed by atoms with Gasteiger partial charge in [-0.15, -0.1) is 49.6 Å². The van der Waals surface area contributed by atoms with Crippen molar-refractivity contribution in [3.05, 3.63) is 0 Å². The van der Waals surface area contributed by atoms with Gasteiger partial charge in [0, 0.05) is 22.4 Å². The Balaban J connectivity index is 0. The van der Waals surface area contributed by atoms with E-state index in [-0.39, 0.29) is 102 Å². The Morgan fingerprint density at radius 1 is 0.500 bits per heavy atom. The molecule has 0 nitrogen and oxygen atoms in total. The van der Waals surface area contributed by atoms with E-state index in [4.69, 9.17) is 0 Å². The van der Waals surface area contributed by atoms with Crippen molar-refractivity contribution in [3.8, 4) is 0 Å². The maximum Gasteiger partial charge on any atom is 1.00 e. The fourth-order valence-corrected chi connectivity index (χ4v) is 0. The van der Waals surface area contributed by atoms with Gasteiger partial charge in [-0.2, -0.15) is 0 Å². The van der Waals surface area contributed by atoms with Crippen LogP contribution in [-0.4, -0.2) is 0 Å². The molecule has 0 heterocycles. The summed E-state index contributed by atoms with van der Waals surface area (Å²) in [6.45, 7) is 0. The minimum absolute atomic E-state index is 0. The second kappa shape index (κ2) is 44.7. The minimum Gasteiger partial charge on any atom is -0.147 e. The summed E-state index contributed by atoms with van der Waals surface area (Å²) < 4.78 is 0. The summed E-state index contributed by atoms with van der Waals surface area (Å²) >= 11 is 0. The molecule has 0 fully saturated rings. The van der Waals surface area contributed by atoms with Crippen molar-refractivity contribution in [2.24, 2.45) is 0 Å². The van der Waals surface area contributed by atoms with Crippen molar-refractivity contribution >= 4 is 49.6 Å². The molecule has 6 heteroatoms. The van der Waals surface area contributed by atoms with E-state index in [1.54, 1.807) is 0 Å². The van der Waals surface area contributed by atoms with Crippen LogP contribution in [-0.2, 0) is 22.4 Å². The van der Waals surface area contributed by atoms with Crippen molar-refractivity contribution < 1.29 is 51.9 Å². The molecular weight excluding hydrogens is 362 g/mol. The van der Waals surface area contributed by atoms with Gasteiger partial charge in [0.1, 0.15) is 0 Å². The summed E-state index contributed by atoms with van der Waals surface area (Å²) in [6, 6.07) is 0. The van der Waals surface area contributed by atoms with Gasteiger partial charge in [0.25, 0.3) is 0 Å². The number of rotatable bonds is 0. The molecule has 0 amide bonds. The molecular formula is H4AuCl4Na+. The first kappa shape index (κ1) is 66.0. The molecule has 0 rings (SSSR count). The summed E-state index contributed by atoms with van der Waals surface area (Å²) in [4.78, 5) is 0. The maximum absolute atomic E-state index is 0. The van der Waals surface area contributed by atoms with Crippen LogP contribution >= 0.6 is 49.6 Å². The zero-order chi connectivity index (χ0) is 0. The van der Waals surface area contributed by atoms with E-state index >= 15 is 0 Å². The average Bonchev–Trinajstić information content (AvgIpc) is 0. The summed E-state index contributed by atoms with van der Waals surface area (Å²) in [7, 11) is 0. The third-order valence-electron chi connectivity index (χ3n) is 0. The average molecular weight is 366 g/mol. The minimum atomic E-state index is 0. The van der Waals surface area contributed by atoms with Crippen LogP contribution in [0, 0.1) is 0 Å². The van der Waals surface area contributed by atoms with Gasteiger partial charge < -0.3 is 0 Å². The van der Waals surface area contributed by atoms with E-state index in [0.29, 0.717) is 0 Å². The Hall–Kier alpha value is 2.90. The van der Waals surface area contributed by atoms with E-state index in [1.165, 1.54) is 0 Å². The molecule has 6 heavy (non-hydrogen) atoms. The Bertz CT molecular complexity index is 7.51. The van der Waals surface area contributed by atoms with E-state index in [9.17, 15) is 0 Å². The number of hydrogen-bond donors (Lipinski definition) is 0. The van der Waals surface area contributed by atoms with Gasteiger partial charge in [-0.05, 0) is 0 Å². The molecule has 0 saturated carbocycles. The molecule has 0 saturated heterocycles. The molecule has 0 N–H and O–H groups in total. The molecule has 0 spiro atoms. The fraction of sp³-hybridized carbons (Fsp3) is 0. The summed E-state index contributed by atoms with van der Waals surface area (Å²) in [5.41, 5.74) is 0. The normalized spacial score (nSPS) is 0. The van der Waals surface area contributed by atoms with Crippen molar-refractivity contribution in [2.75, 3.05) is 0 Å². The van der Waals surface area contributed by atoms with Crippen LogP contribution in [0.3, 0.4) is 0 Å². The summed E-state index contributed by atoms with van der Waals surface area (Å²) in [5.74, 6) is 0. The van der Waals surface area contributed by atoms with E-state index in [2.05, 4.69) is 0 Å². The molecule has 0 aliphatic heterocycles. The van der Waals surface area contributed by atoms with Gasteiger partial charge in [-0.25, -0.2) is 0 Å². The molecule has 0 aromatic carbocycles. The third kappa shape index (κ3) is 28.6. The first-order valence-electron chi connectivity index (χ1n) is 0. The Labute approximate surface area is 100 Å². The Kier molecular flexibility index (Phi) is 492. The molecule has 0 atom stereocenters. The van der Waals surface area contributed by atoms with E-state index < -0.39 is 0 Å². The molecule has 0 aliphatic carbocycles. The van der Waals surface area contributed by atoms with Crippen molar-refractivity contribution in [3.63, 3.8) is 0 Å². The maximum atomic E-state index is 0.